The van der Waals surface area contributed by atoms with Gasteiger partial charge in [-0.15, -0.1) is 0 Å². The van der Waals surface area contributed by atoms with Gasteiger partial charge in [0, 0.05) is 6.26 Å². The van der Waals surface area contributed by atoms with Gasteiger partial charge in [-0.3, -0.25) is 0 Å². The topological polar surface area (TPSA) is 89.3 Å². The summed E-state index contributed by atoms with van der Waals surface area (Å²) >= 11 is 0. The highest BCUT2D eigenvalue weighted by Gasteiger charge is 2.30. The van der Waals surface area contributed by atoms with Crippen molar-refractivity contribution in [1.29, 1.82) is 0 Å². The van der Waals surface area contributed by atoms with Gasteiger partial charge in [-0.1, -0.05) is 48.5 Å². The average Bonchev–Trinajstić information content (AvgIpc) is 2.97. The first-order valence-corrected chi connectivity index (χ1v) is 8.96. The van der Waals surface area contributed by atoms with Gasteiger partial charge in [0.1, 0.15) is 0 Å². The molecule has 0 aliphatic rings. The molecule has 0 unspecified atom stereocenters. The molecular formula is C17H14N2O4S. The number of benzene rings is 2. The standard InChI is InChI=1S/C17H14N2O4S/c1-24(22,23)16-14(12-8-4-2-5-9-12)15(17(20)21)18-19(16)13-10-6-3-7-11-13/h2-11H,1H3,(H,20,21). The van der Waals surface area contributed by atoms with Gasteiger partial charge in [0.2, 0.25) is 0 Å². The van der Waals surface area contributed by atoms with Crippen LogP contribution in [0.15, 0.2) is 65.7 Å². The largest absolute Gasteiger partial charge is 0.476 e. The lowest BCUT2D eigenvalue weighted by molar-refractivity contribution is 0.0691. The Labute approximate surface area is 138 Å². The summed E-state index contributed by atoms with van der Waals surface area (Å²) in [6, 6.07) is 17.1. The molecule has 2 aromatic carbocycles. The Bertz CT molecular complexity index is 994. The van der Waals surface area contributed by atoms with Gasteiger partial charge in [0.25, 0.3) is 0 Å². The molecule has 0 spiro atoms. The van der Waals surface area contributed by atoms with Crippen molar-refractivity contribution >= 4 is 15.8 Å². The van der Waals surface area contributed by atoms with E-state index in [0.29, 0.717) is 11.3 Å². The van der Waals surface area contributed by atoms with E-state index in [1.54, 1.807) is 60.7 Å². The van der Waals surface area contributed by atoms with E-state index in [-0.39, 0.29) is 16.3 Å². The van der Waals surface area contributed by atoms with Crippen molar-refractivity contribution < 1.29 is 18.3 Å². The predicted octanol–water partition coefficient (Wildman–Crippen LogP) is 2.64. The van der Waals surface area contributed by atoms with E-state index in [0.717, 1.165) is 6.26 Å². The third-order valence-electron chi connectivity index (χ3n) is 3.46. The first-order chi connectivity index (χ1) is 11.4. The monoisotopic (exact) mass is 342 g/mol. The second-order valence-corrected chi connectivity index (χ2v) is 7.15. The van der Waals surface area contributed by atoms with E-state index in [2.05, 4.69) is 5.10 Å². The number of carbonyl (C=O) groups is 1. The molecule has 0 saturated carbocycles. The molecule has 0 bridgehead atoms. The van der Waals surface area contributed by atoms with Crippen LogP contribution in [0.25, 0.3) is 16.8 Å². The maximum atomic E-state index is 12.4. The van der Waals surface area contributed by atoms with Crippen LogP contribution in [0.2, 0.25) is 0 Å². The van der Waals surface area contributed by atoms with Crippen molar-refractivity contribution in [3.63, 3.8) is 0 Å². The van der Waals surface area contributed by atoms with Gasteiger partial charge in [-0.25, -0.2) is 17.9 Å². The SMILES string of the molecule is CS(=O)(=O)c1c(-c2ccccc2)c(C(=O)O)nn1-c1ccccc1. The first-order valence-electron chi connectivity index (χ1n) is 7.07. The number of para-hydroxylation sites is 1. The number of carboxylic acids is 1. The minimum atomic E-state index is -3.74. The van der Waals surface area contributed by atoms with Crippen molar-refractivity contribution in [2.24, 2.45) is 0 Å². The van der Waals surface area contributed by atoms with E-state index in [1.165, 1.54) is 4.68 Å². The summed E-state index contributed by atoms with van der Waals surface area (Å²) in [5, 5.41) is 13.4. The van der Waals surface area contributed by atoms with Crippen LogP contribution in [0, 0.1) is 0 Å². The third kappa shape index (κ3) is 2.81. The van der Waals surface area contributed by atoms with Crippen molar-refractivity contribution in [3.8, 4) is 16.8 Å². The van der Waals surface area contributed by atoms with E-state index in [4.69, 9.17) is 0 Å². The van der Waals surface area contributed by atoms with Crippen LogP contribution in [-0.4, -0.2) is 35.5 Å². The van der Waals surface area contributed by atoms with Gasteiger partial charge >= 0.3 is 5.97 Å². The van der Waals surface area contributed by atoms with E-state index < -0.39 is 15.8 Å². The highest BCUT2D eigenvalue weighted by molar-refractivity contribution is 7.90. The van der Waals surface area contributed by atoms with Crippen molar-refractivity contribution in [2.45, 2.75) is 5.03 Å². The minimum Gasteiger partial charge on any atom is -0.476 e. The van der Waals surface area contributed by atoms with Crippen LogP contribution in [0.4, 0.5) is 0 Å². The second-order valence-electron chi connectivity index (χ2n) is 5.22. The molecule has 122 valence electrons. The Kier molecular flexibility index (Phi) is 3.94. The molecule has 1 aromatic heterocycles. The first kappa shape index (κ1) is 15.9. The molecule has 3 rings (SSSR count). The molecule has 0 atom stereocenters. The van der Waals surface area contributed by atoms with Gasteiger partial charge in [-0.05, 0) is 17.7 Å². The van der Waals surface area contributed by atoms with Crippen molar-refractivity contribution in [1.82, 2.24) is 9.78 Å². The fraction of sp³-hybridized carbons (Fsp3) is 0.0588. The summed E-state index contributed by atoms with van der Waals surface area (Å²) in [6.45, 7) is 0. The Morgan fingerprint density at radius 1 is 1.00 bits per heavy atom. The highest BCUT2D eigenvalue weighted by atomic mass is 32.2. The zero-order valence-electron chi connectivity index (χ0n) is 12.7. The molecule has 6 nitrogen and oxygen atoms in total. The minimum absolute atomic E-state index is 0.0921. The number of aromatic carboxylic acids is 1. The van der Waals surface area contributed by atoms with Crippen LogP contribution in [-0.2, 0) is 9.84 Å². The molecule has 0 aliphatic carbocycles. The van der Waals surface area contributed by atoms with Crippen LogP contribution in [0.1, 0.15) is 10.5 Å². The Morgan fingerprint density at radius 2 is 1.54 bits per heavy atom. The Balaban J connectivity index is 2.44. The van der Waals surface area contributed by atoms with Crippen LogP contribution < -0.4 is 0 Å². The van der Waals surface area contributed by atoms with Crippen LogP contribution >= 0.6 is 0 Å². The normalized spacial score (nSPS) is 11.4. The van der Waals surface area contributed by atoms with Crippen LogP contribution in [0.3, 0.4) is 0 Å². The molecule has 0 radical (unpaired) electrons. The van der Waals surface area contributed by atoms with Crippen LogP contribution in [0.5, 0.6) is 0 Å². The predicted molar refractivity (Wildman–Crippen MR) is 89.1 cm³/mol. The fourth-order valence-corrected chi connectivity index (χ4v) is 3.55. The molecular weight excluding hydrogens is 328 g/mol. The summed E-state index contributed by atoms with van der Waals surface area (Å²) in [4.78, 5) is 11.6. The number of sulfone groups is 1. The average molecular weight is 342 g/mol. The number of aromatic nitrogens is 2. The molecule has 3 aromatic rings. The number of hydrogen-bond acceptors (Lipinski definition) is 4. The Morgan fingerprint density at radius 3 is 2.04 bits per heavy atom. The fourth-order valence-electron chi connectivity index (χ4n) is 2.50. The summed E-state index contributed by atoms with van der Waals surface area (Å²) in [5.74, 6) is -1.28. The maximum Gasteiger partial charge on any atom is 0.357 e. The van der Waals surface area contributed by atoms with Crippen molar-refractivity contribution in [3.05, 3.63) is 66.4 Å². The van der Waals surface area contributed by atoms with Gasteiger partial charge in [-0.2, -0.15) is 5.10 Å². The smallest absolute Gasteiger partial charge is 0.357 e. The quantitative estimate of drug-likeness (QED) is 0.787. The van der Waals surface area contributed by atoms with E-state index in [1.807, 2.05) is 0 Å². The lowest BCUT2D eigenvalue weighted by atomic mass is 10.1. The number of hydrogen-bond donors (Lipinski definition) is 1. The van der Waals surface area contributed by atoms with Crippen molar-refractivity contribution in [2.75, 3.05) is 6.26 Å². The summed E-state index contributed by atoms with van der Waals surface area (Å²) in [6.07, 6.45) is 1.04. The summed E-state index contributed by atoms with van der Waals surface area (Å²) in [5.41, 5.74) is 0.750. The molecule has 1 N–H and O–H groups in total. The zero-order valence-corrected chi connectivity index (χ0v) is 13.6. The number of nitrogens with zero attached hydrogens (tertiary/aromatic N) is 2. The molecule has 0 saturated heterocycles. The molecule has 0 amide bonds. The molecule has 7 heteroatoms. The van der Waals surface area contributed by atoms with Gasteiger partial charge in [0.05, 0.1) is 11.3 Å². The summed E-state index contributed by atoms with van der Waals surface area (Å²) in [7, 11) is -3.74. The summed E-state index contributed by atoms with van der Waals surface area (Å²) < 4.78 is 26.0. The Hall–Kier alpha value is -2.93. The lowest BCUT2D eigenvalue weighted by Gasteiger charge is -2.08. The number of rotatable bonds is 4. The van der Waals surface area contributed by atoms with Gasteiger partial charge < -0.3 is 5.11 Å². The lowest BCUT2D eigenvalue weighted by Crippen LogP contribution is -2.08. The van der Waals surface area contributed by atoms with E-state index in [9.17, 15) is 18.3 Å². The molecule has 1 heterocycles. The molecule has 24 heavy (non-hydrogen) atoms. The number of carboxylic acid groups (broad SMARTS) is 1. The highest BCUT2D eigenvalue weighted by Crippen LogP contribution is 2.32. The molecule has 0 fully saturated rings. The van der Waals surface area contributed by atoms with E-state index >= 15 is 0 Å². The van der Waals surface area contributed by atoms with Gasteiger partial charge in [0.15, 0.2) is 20.6 Å². The molecule has 0 aliphatic heterocycles. The second kappa shape index (κ2) is 5.93. The maximum absolute atomic E-state index is 12.4. The zero-order chi connectivity index (χ0) is 17.3. The third-order valence-corrected chi connectivity index (χ3v) is 4.54.